The molecule has 1 fully saturated rings. The van der Waals surface area contributed by atoms with Gasteiger partial charge in [0.25, 0.3) is 0 Å². The van der Waals surface area contributed by atoms with Gasteiger partial charge in [0.05, 0.1) is 12.2 Å². The quantitative estimate of drug-likeness (QED) is 0.490. The highest BCUT2D eigenvalue weighted by Crippen LogP contribution is 2.20. The Hall–Kier alpha value is -1.95. The lowest BCUT2D eigenvalue weighted by molar-refractivity contribution is -0.139. The standard InChI is InChI=1S/C15H18N2O3S/c1-10-9-13(18)17(15(10)19)7-4-8-20-12-6-3-2-5-11(12)14(16)21/h2-3,5-6,10H,4,7-9H2,1H3,(H2,16,21). The van der Waals surface area contributed by atoms with E-state index in [9.17, 15) is 9.59 Å². The van der Waals surface area contributed by atoms with E-state index in [0.717, 1.165) is 0 Å². The molecule has 1 aliphatic rings. The van der Waals surface area contributed by atoms with Crippen LogP contribution in [0.4, 0.5) is 0 Å². The highest BCUT2D eigenvalue weighted by Gasteiger charge is 2.34. The van der Waals surface area contributed by atoms with Crippen molar-refractivity contribution in [3.05, 3.63) is 29.8 Å². The Morgan fingerprint density at radius 2 is 2.14 bits per heavy atom. The Morgan fingerprint density at radius 1 is 1.43 bits per heavy atom. The van der Waals surface area contributed by atoms with Crippen LogP contribution in [0.15, 0.2) is 24.3 Å². The van der Waals surface area contributed by atoms with Gasteiger partial charge in [-0.25, -0.2) is 0 Å². The number of nitrogens with two attached hydrogens (primary N) is 1. The number of benzene rings is 1. The van der Waals surface area contributed by atoms with E-state index in [-0.39, 0.29) is 22.7 Å². The van der Waals surface area contributed by atoms with Crippen LogP contribution in [-0.4, -0.2) is 34.9 Å². The molecule has 0 spiro atoms. The van der Waals surface area contributed by atoms with Crippen molar-refractivity contribution in [2.45, 2.75) is 19.8 Å². The Kier molecular flexibility index (Phi) is 4.90. The maximum atomic E-state index is 11.8. The number of hydrogen-bond donors (Lipinski definition) is 1. The number of ether oxygens (including phenoxy) is 1. The summed E-state index contributed by atoms with van der Waals surface area (Å²) in [6, 6.07) is 7.27. The summed E-state index contributed by atoms with van der Waals surface area (Å²) in [5, 5.41) is 0. The van der Waals surface area contributed by atoms with Gasteiger partial charge in [0.2, 0.25) is 11.8 Å². The van der Waals surface area contributed by atoms with Crippen LogP contribution in [0.3, 0.4) is 0 Å². The van der Waals surface area contributed by atoms with Gasteiger partial charge in [-0.3, -0.25) is 14.5 Å². The average Bonchev–Trinajstić information content (AvgIpc) is 2.69. The Bertz CT molecular complexity index is 574. The second-order valence-electron chi connectivity index (χ2n) is 5.05. The second-order valence-corrected chi connectivity index (χ2v) is 5.49. The van der Waals surface area contributed by atoms with Crippen LogP contribution in [-0.2, 0) is 9.59 Å². The Labute approximate surface area is 129 Å². The normalized spacial score (nSPS) is 18.1. The van der Waals surface area contributed by atoms with Crippen molar-refractivity contribution < 1.29 is 14.3 Å². The van der Waals surface area contributed by atoms with Crippen LogP contribution in [0.2, 0.25) is 0 Å². The van der Waals surface area contributed by atoms with Gasteiger partial charge in [0, 0.05) is 18.9 Å². The molecule has 1 aromatic carbocycles. The third-order valence-corrected chi connectivity index (χ3v) is 3.63. The third-order valence-electron chi connectivity index (χ3n) is 3.41. The van der Waals surface area contributed by atoms with Crippen LogP contribution in [0, 0.1) is 5.92 Å². The summed E-state index contributed by atoms with van der Waals surface area (Å²) in [6.45, 7) is 2.55. The molecule has 1 unspecified atom stereocenters. The molecular weight excluding hydrogens is 288 g/mol. The van der Waals surface area contributed by atoms with Crippen molar-refractivity contribution in [1.82, 2.24) is 4.90 Å². The molecule has 0 aromatic heterocycles. The highest BCUT2D eigenvalue weighted by atomic mass is 32.1. The van der Waals surface area contributed by atoms with Gasteiger partial charge in [-0.1, -0.05) is 31.3 Å². The molecule has 1 atom stereocenters. The maximum absolute atomic E-state index is 11.8. The summed E-state index contributed by atoms with van der Waals surface area (Å²) in [5.41, 5.74) is 6.31. The van der Waals surface area contributed by atoms with Crippen LogP contribution in [0.25, 0.3) is 0 Å². The van der Waals surface area contributed by atoms with Crippen molar-refractivity contribution in [2.24, 2.45) is 11.7 Å². The predicted molar refractivity (Wildman–Crippen MR) is 82.9 cm³/mol. The molecule has 1 aromatic rings. The first-order valence-electron chi connectivity index (χ1n) is 6.86. The topological polar surface area (TPSA) is 72.6 Å². The molecule has 1 saturated heterocycles. The number of likely N-dealkylation sites (tertiary alicyclic amines) is 1. The number of hydrogen-bond acceptors (Lipinski definition) is 4. The number of carbonyl (C=O) groups excluding carboxylic acids is 2. The van der Waals surface area contributed by atoms with Gasteiger partial charge in [-0.15, -0.1) is 0 Å². The molecule has 0 saturated carbocycles. The van der Waals surface area contributed by atoms with Crippen molar-refractivity contribution in [1.29, 1.82) is 0 Å². The molecule has 1 heterocycles. The number of carbonyl (C=O) groups is 2. The lowest BCUT2D eigenvalue weighted by atomic mass is 10.1. The maximum Gasteiger partial charge on any atom is 0.232 e. The minimum Gasteiger partial charge on any atom is -0.493 e. The number of nitrogens with zero attached hydrogens (tertiary/aromatic N) is 1. The van der Waals surface area contributed by atoms with E-state index < -0.39 is 0 Å². The fourth-order valence-electron chi connectivity index (χ4n) is 2.28. The first-order valence-corrected chi connectivity index (χ1v) is 7.27. The van der Waals surface area contributed by atoms with Crippen molar-refractivity contribution in [3.8, 4) is 5.75 Å². The van der Waals surface area contributed by atoms with E-state index in [4.69, 9.17) is 22.7 Å². The first kappa shape index (κ1) is 15.4. The van der Waals surface area contributed by atoms with Gasteiger partial charge in [0.1, 0.15) is 10.7 Å². The zero-order valence-corrected chi connectivity index (χ0v) is 12.7. The van der Waals surface area contributed by atoms with Gasteiger partial charge in [-0.2, -0.15) is 0 Å². The molecule has 1 aliphatic heterocycles. The van der Waals surface area contributed by atoms with E-state index in [0.29, 0.717) is 37.3 Å². The average molecular weight is 306 g/mol. The van der Waals surface area contributed by atoms with Crippen molar-refractivity contribution in [3.63, 3.8) is 0 Å². The Balaban J connectivity index is 1.84. The van der Waals surface area contributed by atoms with Crippen LogP contribution >= 0.6 is 12.2 Å². The largest absolute Gasteiger partial charge is 0.493 e. The summed E-state index contributed by atoms with van der Waals surface area (Å²) >= 11 is 4.96. The number of rotatable bonds is 6. The minimum absolute atomic E-state index is 0.0939. The Morgan fingerprint density at radius 3 is 2.76 bits per heavy atom. The molecule has 0 aliphatic carbocycles. The van der Waals surface area contributed by atoms with E-state index in [1.807, 2.05) is 12.1 Å². The number of amides is 2. The highest BCUT2D eigenvalue weighted by molar-refractivity contribution is 7.80. The zero-order chi connectivity index (χ0) is 15.4. The lowest BCUT2D eigenvalue weighted by Crippen LogP contribution is -2.32. The van der Waals surface area contributed by atoms with Gasteiger partial charge in [0.15, 0.2) is 0 Å². The van der Waals surface area contributed by atoms with Crippen LogP contribution < -0.4 is 10.5 Å². The fourth-order valence-corrected chi connectivity index (χ4v) is 2.45. The molecule has 112 valence electrons. The number of para-hydroxylation sites is 1. The second kappa shape index (κ2) is 6.67. The molecule has 2 N–H and O–H groups in total. The molecule has 2 rings (SSSR count). The summed E-state index contributed by atoms with van der Waals surface area (Å²) in [7, 11) is 0. The minimum atomic E-state index is -0.200. The van der Waals surface area contributed by atoms with E-state index >= 15 is 0 Å². The van der Waals surface area contributed by atoms with E-state index in [1.54, 1.807) is 19.1 Å². The van der Waals surface area contributed by atoms with Crippen molar-refractivity contribution in [2.75, 3.05) is 13.2 Å². The molecule has 21 heavy (non-hydrogen) atoms. The molecular formula is C15H18N2O3S. The summed E-state index contributed by atoms with van der Waals surface area (Å²) in [6.07, 6.45) is 0.889. The predicted octanol–water partition coefficient (Wildman–Crippen LogP) is 1.48. The molecule has 6 heteroatoms. The molecule has 5 nitrogen and oxygen atoms in total. The SMILES string of the molecule is CC1CC(=O)N(CCCOc2ccccc2C(N)=S)C1=O. The summed E-state index contributed by atoms with van der Waals surface area (Å²) < 4.78 is 5.64. The monoisotopic (exact) mass is 306 g/mol. The number of thiocarbonyl (C=S) groups is 1. The molecule has 0 radical (unpaired) electrons. The van der Waals surface area contributed by atoms with Gasteiger partial charge >= 0.3 is 0 Å². The fraction of sp³-hybridized carbons (Fsp3) is 0.400. The third kappa shape index (κ3) is 3.58. The summed E-state index contributed by atoms with van der Waals surface area (Å²) in [5.74, 6) is 0.228. The molecule has 0 bridgehead atoms. The lowest BCUT2D eigenvalue weighted by Gasteiger charge is -2.15. The van der Waals surface area contributed by atoms with Gasteiger partial charge in [-0.05, 0) is 18.6 Å². The van der Waals surface area contributed by atoms with Crippen molar-refractivity contribution >= 4 is 29.0 Å². The van der Waals surface area contributed by atoms with E-state index in [1.165, 1.54) is 4.90 Å². The zero-order valence-electron chi connectivity index (χ0n) is 11.9. The van der Waals surface area contributed by atoms with E-state index in [2.05, 4.69) is 0 Å². The van der Waals surface area contributed by atoms with Gasteiger partial charge < -0.3 is 10.5 Å². The number of imide groups is 1. The van der Waals surface area contributed by atoms with Crippen LogP contribution in [0.1, 0.15) is 25.3 Å². The summed E-state index contributed by atoms with van der Waals surface area (Å²) in [4.78, 5) is 25.0. The molecule has 2 amide bonds. The van der Waals surface area contributed by atoms with Crippen LogP contribution in [0.5, 0.6) is 5.75 Å². The smallest absolute Gasteiger partial charge is 0.232 e. The first-order chi connectivity index (χ1) is 10.0.